The number of nitrogens with zero attached hydrogens (tertiary/aromatic N) is 5. The maximum absolute atomic E-state index is 13.3. The highest BCUT2D eigenvalue weighted by atomic mass is 32.2. The summed E-state index contributed by atoms with van der Waals surface area (Å²) in [4.78, 5) is 54.9. The lowest BCUT2D eigenvalue weighted by molar-refractivity contribution is -0.120. The maximum atomic E-state index is 13.3. The average molecular weight is 1110 g/mol. The van der Waals surface area contributed by atoms with Gasteiger partial charge in [-0.2, -0.15) is 0 Å². The summed E-state index contributed by atoms with van der Waals surface area (Å²) in [5.74, 6) is 1.57. The Balaban J connectivity index is 0.000000200. The number of rotatable bonds is 15. The molecule has 2 aliphatic heterocycles. The Hall–Kier alpha value is -6.41. The summed E-state index contributed by atoms with van der Waals surface area (Å²) in [5.41, 5.74) is 5.15. The van der Waals surface area contributed by atoms with E-state index in [2.05, 4.69) is 40.8 Å². The van der Waals surface area contributed by atoms with Gasteiger partial charge in [0.2, 0.25) is 11.8 Å². The van der Waals surface area contributed by atoms with Crippen molar-refractivity contribution >= 4 is 37.3 Å². The van der Waals surface area contributed by atoms with E-state index in [1.807, 2.05) is 24.3 Å². The summed E-state index contributed by atoms with van der Waals surface area (Å²) in [7, 11) is -6.63. The molecule has 4 fully saturated rings. The van der Waals surface area contributed by atoms with Gasteiger partial charge in [0.25, 0.3) is 11.8 Å². The number of ketones is 1. The third-order valence-electron chi connectivity index (χ3n) is 14.9. The molecule has 2 saturated heterocycles. The first-order valence-corrected chi connectivity index (χ1v) is 30.5. The van der Waals surface area contributed by atoms with Crippen molar-refractivity contribution in [2.45, 2.75) is 152 Å². The van der Waals surface area contributed by atoms with E-state index in [9.17, 15) is 31.2 Å². The zero-order valence-electron chi connectivity index (χ0n) is 44.3. The second kappa shape index (κ2) is 28.5. The Bertz CT molecular complexity index is 3090. The number of piperidine rings is 2. The molecule has 10 rings (SSSR count). The predicted molar refractivity (Wildman–Crippen MR) is 302 cm³/mol. The van der Waals surface area contributed by atoms with E-state index in [1.54, 1.807) is 87.2 Å². The molecule has 3 N–H and O–H groups in total. The number of benzene rings is 2. The van der Waals surface area contributed by atoms with Crippen LogP contribution in [0.4, 0.5) is 0 Å². The molecule has 0 spiro atoms. The van der Waals surface area contributed by atoms with E-state index in [0.29, 0.717) is 108 Å². The highest BCUT2D eigenvalue weighted by Gasteiger charge is 2.34. The number of oxazole rings is 2. The standard InChI is InChI=1S/C29H36N4O4S.C23H26N4O4S.C6H10O.CH4/c1-21-27(20-38(35,36)26-13-16-33(17-14-26)25-7-3-2-4-8-25)32-29(37-21)24-11-9-23(10-12-24)28(34)31-19-22-6-5-15-30-18-22;1-16-21(15-32(29,30)20-8-11-24-12-9-20)27-23(31-16)19-6-4-18(5-7-19)22(28)26-14-17-3-2-10-25-13-17;7-6-4-2-1-3-5-6;/h5-6,9-12,15,18,25-26H,2-4,7-8,13-14,16-17,19-20H2,1H3,(H,31,34);2-7,10,13,20,24H,8-9,11-12,14-15H2,1H3,(H,26,28);1-5H2;1H4. The van der Waals surface area contributed by atoms with Crippen LogP contribution in [-0.4, -0.2) is 102 Å². The molecular formula is C59H76N8O9S2. The fourth-order valence-electron chi connectivity index (χ4n) is 10.2. The van der Waals surface area contributed by atoms with Crippen LogP contribution in [0.1, 0.15) is 152 Å². The molecule has 0 radical (unpaired) electrons. The van der Waals surface area contributed by atoms with Gasteiger partial charge < -0.3 is 29.7 Å². The first-order valence-electron chi connectivity index (χ1n) is 27.1. The van der Waals surface area contributed by atoms with Gasteiger partial charge in [0.05, 0.1) is 33.4 Å². The Morgan fingerprint density at radius 3 is 1.45 bits per heavy atom. The van der Waals surface area contributed by atoms with Crippen LogP contribution in [-0.2, 0) is 49.1 Å². The minimum atomic E-state index is -3.34. The highest BCUT2D eigenvalue weighted by molar-refractivity contribution is 7.91. The fraction of sp³-hybridized carbons (Fsp3) is 0.475. The van der Waals surface area contributed by atoms with Gasteiger partial charge in [-0.25, -0.2) is 26.8 Å². The zero-order valence-corrected chi connectivity index (χ0v) is 45.9. The van der Waals surface area contributed by atoms with Crippen LogP contribution in [0.3, 0.4) is 0 Å². The van der Waals surface area contributed by atoms with Crippen LogP contribution in [0.2, 0.25) is 0 Å². The van der Waals surface area contributed by atoms with Crippen molar-refractivity contribution in [2.75, 3.05) is 26.2 Å². The molecule has 6 heterocycles. The van der Waals surface area contributed by atoms with E-state index in [1.165, 1.54) is 38.5 Å². The van der Waals surface area contributed by atoms with Crippen LogP contribution >= 0.6 is 0 Å². The van der Waals surface area contributed by atoms with Crippen molar-refractivity contribution in [3.8, 4) is 22.9 Å². The summed E-state index contributed by atoms with van der Waals surface area (Å²) in [5, 5.41) is 8.25. The van der Waals surface area contributed by atoms with E-state index in [0.717, 1.165) is 63.0 Å². The number of carbonyl (C=O) groups excluding carboxylic acids is 3. The Labute approximate surface area is 460 Å². The zero-order chi connectivity index (χ0) is 54.2. The number of likely N-dealkylation sites (tertiary alicyclic amines) is 1. The second-order valence-electron chi connectivity index (χ2n) is 20.5. The smallest absolute Gasteiger partial charge is 0.251 e. The number of sulfone groups is 2. The normalized spacial score (nSPS) is 16.9. The topological polar surface area (TPSA) is 237 Å². The van der Waals surface area contributed by atoms with E-state index in [4.69, 9.17) is 8.83 Å². The number of pyridine rings is 2. The van der Waals surface area contributed by atoms with Gasteiger partial charge in [0.15, 0.2) is 19.7 Å². The lowest BCUT2D eigenvalue weighted by Gasteiger charge is -2.39. The van der Waals surface area contributed by atoms with Gasteiger partial charge in [-0.05, 0) is 163 Å². The minimum absolute atomic E-state index is 0. The molecule has 418 valence electrons. The molecule has 2 aliphatic carbocycles. The molecule has 19 heteroatoms. The van der Waals surface area contributed by atoms with Crippen molar-refractivity contribution in [2.24, 2.45) is 0 Å². The molecule has 78 heavy (non-hydrogen) atoms. The molecular weight excluding hydrogens is 1030 g/mol. The molecule has 0 unspecified atom stereocenters. The fourth-order valence-corrected chi connectivity index (χ4v) is 13.9. The van der Waals surface area contributed by atoms with Crippen LogP contribution in [0.15, 0.2) is 106 Å². The molecule has 4 aromatic heterocycles. The van der Waals surface area contributed by atoms with Crippen molar-refractivity contribution < 1.29 is 40.1 Å². The number of aryl methyl sites for hydroxylation is 2. The number of aromatic nitrogens is 4. The predicted octanol–water partition coefficient (Wildman–Crippen LogP) is 9.48. The molecule has 17 nitrogen and oxygen atoms in total. The van der Waals surface area contributed by atoms with Crippen LogP contribution in [0.5, 0.6) is 0 Å². The number of carbonyl (C=O) groups is 3. The summed E-state index contributed by atoms with van der Waals surface area (Å²) < 4.78 is 63.7. The maximum Gasteiger partial charge on any atom is 0.251 e. The lowest BCUT2D eigenvalue weighted by Crippen LogP contribution is -2.45. The summed E-state index contributed by atoms with van der Waals surface area (Å²) in [6, 6.07) is 21.9. The number of hydrogen-bond acceptors (Lipinski definition) is 15. The van der Waals surface area contributed by atoms with Crippen LogP contribution in [0, 0.1) is 13.8 Å². The first kappa shape index (κ1) is 59.3. The van der Waals surface area contributed by atoms with E-state index >= 15 is 0 Å². The van der Waals surface area contributed by atoms with Crippen molar-refractivity contribution in [3.05, 3.63) is 143 Å². The van der Waals surface area contributed by atoms with Crippen molar-refractivity contribution in [3.63, 3.8) is 0 Å². The summed E-state index contributed by atoms with van der Waals surface area (Å²) in [6.07, 6.45) is 21.0. The number of nitrogens with one attached hydrogen (secondary N) is 3. The Morgan fingerprint density at radius 1 is 0.603 bits per heavy atom. The summed E-state index contributed by atoms with van der Waals surface area (Å²) >= 11 is 0. The monoisotopic (exact) mass is 1100 g/mol. The molecule has 0 bridgehead atoms. The van der Waals surface area contributed by atoms with Crippen LogP contribution in [0.25, 0.3) is 22.9 Å². The third-order valence-corrected chi connectivity index (χ3v) is 19.2. The second-order valence-corrected chi connectivity index (χ2v) is 25.0. The third kappa shape index (κ3) is 16.8. The minimum Gasteiger partial charge on any atom is -0.441 e. The van der Waals surface area contributed by atoms with Gasteiger partial charge in [0.1, 0.15) is 17.3 Å². The van der Waals surface area contributed by atoms with Gasteiger partial charge in [-0.1, -0.05) is 45.2 Å². The van der Waals surface area contributed by atoms with E-state index in [-0.39, 0.29) is 41.2 Å². The molecule has 2 saturated carbocycles. The van der Waals surface area contributed by atoms with Gasteiger partial charge >= 0.3 is 0 Å². The quantitative estimate of drug-likeness (QED) is 0.0868. The molecule has 2 amide bonds. The number of amides is 2. The van der Waals surface area contributed by atoms with Crippen molar-refractivity contribution in [1.82, 2.24) is 40.8 Å². The molecule has 4 aliphatic rings. The van der Waals surface area contributed by atoms with Gasteiger partial charge in [0, 0.05) is 79.0 Å². The molecule has 2 aromatic carbocycles. The highest BCUT2D eigenvalue weighted by Crippen LogP contribution is 2.31. The lowest BCUT2D eigenvalue weighted by atomic mass is 9.93. The first-order chi connectivity index (χ1) is 37.2. The Kier molecular flexibility index (Phi) is 21.6. The summed E-state index contributed by atoms with van der Waals surface area (Å²) in [6.45, 7) is 7.42. The van der Waals surface area contributed by atoms with Crippen molar-refractivity contribution in [1.29, 1.82) is 0 Å². The Morgan fingerprint density at radius 2 is 1.04 bits per heavy atom. The number of hydrogen-bond donors (Lipinski definition) is 3. The van der Waals surface area contributed by atoms with Gasteiger partial charge in [-0.15, -0.1) is 0 Å². The SMILES string of the molecule is C.Cc1oc(-c2ccc(C(=O)NCc3cccnc3)cc2)nc1CS(=O)(=O)C1CCN(C2CCCCC2)CC1.Cc1oc(-c2ccc(C(=O)NCc3cccnc3)cc2)nc1CS(=O)(=O)C1CCNCC1.O=C1CCCCC1. The van der Waals surface area contributed by atoms with E-state index < -0.39 is 19.7 Å². The average Bonchev–Trinajstić information content (AvgIpc) is 4.04. The van der Waals surface area contributed by atoms with Gasteiger partial charge in [-0.3, -0.25) is 24.4 Å². The number of Topliss-reactive ketones (excluding diaryl/α,β-unsaturated/α-hetero) is 1. The largest absolute Gasteiger partial charge is 0.441 e. The van der Waals surface area contributed by atoms with Crippen LogP contribution < -0.4 is 16.0 Å². The molecule has 0 atom stereocenters. The molecule has 6 aromatic rings.